The lowest BCUT2D eigenvalue weighted by Gasteiger charge is -2.11. The van der Waals surface area contributed by atoms with Crippen LogP contribution in [0.3, 0.4) is 0 Å². The van der Waals surface area contributed by atoms with E-state index in [0.717, 1.165) is 28.8 Å². The molecule has 0 radical (unpaired) electrons. The quantitative estimate of drug-likeness (QED) is 0.864. The number of aromatic nitrogens is 2. The Hall–Kier alpha value is -1.68. The van der Waals surface area contributed by atoms with Gasteiger partial charge in [-0.1, -0.05) is 0 Å². The Kier molecular flexibility index (Phi) is 3.24. The maximum absolute atomic E-state index is 11.9. The van der Waals surface area contributed by atoms with Gasteiger partial charge < -0.3 is 5.32 Å². The molecule has 0 amide bonds. The second-order valence-corrected chi connectivity index (χ2v) is 4.24. The normalized spacial score (nSPS) is 11.0. The molecule has 90 valence electrons. The molecule has 0 aliphatic rings. The van der Waals surface area contributed by atoms with Crippen LogP contribution in [0.25, 0.3) is 11.0 Å². The molecule has 0 aromatic carbocycles. The van der Waals surface area contributed by atoms with Gasteiger partial charge in [0.25, 0.3) is 5.56 Å². The zero-order chi connectivity index (χ0) is 12.4. The molecular weight excluding hydrogens is 214 g/mol. The van der Waals surface area contributed by atoms with Gasteiger partial charge in [0, 0.05) is 30.2 Å². The van der Waals surface area contributed by atoms with Crippen molar-refractivity contribution >= 4 is 11.0 Å². The Bertz CT molecular complexity index is 601. The molecule has 17 heavy (non-hydrogen) atoms. The molecule has 0 saturated heterocycles. The summed E-state index contributed by atoms with van der Waals surface area (Å²) in [5, 5.41) is 4.10. The van der Waals surface area contributed by atoms with E-state index in [9.17, 15) is 4.79 Å². The molecule has 0 spiro atoms. The molecule has 1 N–H and O–H groups in total. The van der Waals surface area contributed by atoms with Gasteiger partial charge in [-0.25, -0.2) is 4.98 Å². The highest BCUT2D eigenvalue weighted by atomic mass is 16.1. The molecule has 0 aliphatic heterocycles. The first-order valence-corrected chi connectivity index (χ1v) is 5.76. The fourth-order valence-electron chi connectivity index (χ4n) is 2.03. The van der Waals surface area contributed by atoms with E-state index < -0.39 is 0 Å². The number of hydrogen-bond donors (Lipinski definition) is 1. The third-order valence-electron chi connectivity index (χ3n) is 2.87. The molecule has 2 aromatic rings. The zero-order valence-electron chi connectivity index (χ0n) is 10.4. The topological polar surface area (TPSA) is 46.9 Å². The van der Waals surface area contributed by atoms with Crippen LogP contribution in [0.4, 0.5) is 0 Å². The highest BCUT2D eigenvalue weighted by Gasteiger charge is 2.06. The first kappa shape index (κ1) is 11.8. The smallest absolute Gasteiger partial charge is 0.252 e. The van der Waals surface area contributed by atoms with Crippen molar-refractivity contribution in [3.63, 3.8) is 0 Å². The summed E-state index contributed by atoms with van der Waals surface area (Å²) in [5.41, 5.74) is 2.89. The second kappa shape index (κ2) is 4.67. The fraction of sp³-hybridized carbons (Fsp3) is 0.385. The molecule has 0 unspecified atom stereocenters. The van der Waals surface area contributed by atoms with Crippen molar-refractivity contribution in [2.24, 2.45) is 0 Å². The Morgan fingerprint density at radius 3 is 2.82 bits per heavy atom. The lowest BCUT2D eigenvalue weighted by molar-refractivity contribution is 0.639. The van der Waals surface area contributed by atoms with Crippen LogP contribution in [0.1, 0.15) is 11.3 Å². The van der Waals surface area contributed by atoms with Crippen LogP contribution < -0.4 is 10.9 Å². The zero-order valence-corrected chi connectivity index (χ0v) is 10.4. The number of hydrogen-bond acceptors (Lipinski definition) is 3. The molecule has 2 rings (SSSR count). The van der Waals surface area contributed by atoms with Gasteiger partial charge in [-0.3, -0.25) is 9.36 Å². The summed E-state index contributed by atoms with van der Waals surface area (Å²) in [6.07, 6.45) is 0. The van der Waals surface area contributed by atoms with Gasteiger partial charge in [-0.15, -0.1) is 0 Å². The Morgan fingerprint density at radius 1 is 1.35 bits per heavy atom. The van der Waals surface area contributed by atoms with Gasteiger partial charge in [0.1, 0.15) is 5.65 Å². The fourth-order valence-corrected chi connectivity index (χ4v) is 2.03. The molecular formula is C13H17N3O. The van der Waals surface area contributed by atoms with Gasteiger partial charge in [0.2, 0.25) is 0 Å². The summed E-state index contributed by atoms with van der Waals surface area (Å²) >= 11 is 0. The van der Waals surface area contributed by atoms with E-state index in [1.165, 1.54) is 0 Å². The van der Waals surface area contributed by atoms with Crippen molar-refractivity contribution in [3.8, 4) is 0 Å². The minimum atomic E-state index is 0.00486. The minimum absolute atomic E-state index is 0.00486. The van der Waals surface area contributed by atoms with E-state index in [2.05, 4.69) is 10.3 Å². The molecule has 2 aromatic heterocycles. The molecule has 0 aliphatic carbocycles. The van der Waals surface area contributed by atoms with Crippen molar-refractivity contribution in [1.29, 1.82) is 0 Å². The van der Waals surface area contributed by atoms with E-state index in [1.807, 2.05) is 33.0 Å². The Labute approximate surface area is 100 Å². The third kappa shape index (κ3) is 2.22. The summed E-state index contributed by atoms with van der Waals surface area (Å²) in [6, 6.07) is 5.51. The maximum atomic E-state index is 11.9. The minimum Gasteiger partial charge on any atom is -0.318 e. The van der Waals surface area contributed by atoms with E-state index in [-0.39, 0.29) is 5.56 Å². The standard InChI is InChI=1S/C13H17N3O/c1-9-8-10(2)15-13-11(9)4-5-12(17)16(13)7-6-14-3/h4-5,8,14H,6-7H2,1-3H3. The van der Waals surface area contributed by atoms with Crippen molar-refractivity contribution in [2.45, 2.75) is 20.4 Å². The molecule has 0 bridgehead atoms. The average molecular weight is 231 g/mol. The van der Waals surface area contributed by atoms with Gasteiger partial charge >= 0.3 is 0 Å². The molecule has 4 nitrogen and oxygen atoms in total. The largest absolute Gasteiger partial charge is 0.318 e. The van der Waals surface area contributed by atoms with E-state index in [4.69, 9.17) is 0 Å². The predicted molar refractivity (Wildman–Crippen MR) is 69.4 cm³/mol. The number of rotatable bonds is 3. The van der Waals surface area contributed by atoms with Gasteiger partial charge in [-0.05, 0) is 38.6 Å². The summed E-state index contributed by atoms with van der Waals surface area (Å²) in [6.45, 7) is 5.40. The average Bonchev–Trinajstić information content (AvgIpc) is 2.27. The second-order valence-electron chi connectivity index (χ2n) is 4.24. The monoisotopic (exact) mass is 231 g/mol. The van der Waals surface area contributed by atoms with Crippen molar-refractivity contribution in [3.05, 3.63) is 39.8 Å². The number of likely N-dealkylation sites (N-methyl/N-ethyl adjacent to an activating group) is 1. The van der Waals surface area contributed by atoms with Gasteiger partial charge in [0.15, 0.2) is 0 Å². The van der Waals surface area contributed by atoms with Gasteiger partial charge in [-0.2, -0.15) is 0 Å². The van der Waals surface area contributed by atoms with Crippen molar-refractivity contribution in [2.75, 3.05) is 13.6 Å². The number of pyridine rings is 2. The van der Waals surface area contributed by atoms with Crippen LogP contribution >= 0.6 is 0 Å². The van der Waals surface area contributed by atoms with Crippen LogP contribution in [-0.2, 0) is 6.54 Å². The summed E-state index contributed by atoms with van der Waals surface area (Å²) in [4.78, 5) is 16.3. The molecule has 0 fully saturated rings. The maximum Gasteiger partial charge on any atom is 0.252 e. The van der Waals surface area contributed by atoms with Crippen LogP contribution in [0, 0.1) is 13.8 Å². The van der Waals surface area contributed by atoms with E-state index in [0.29, 0.717) is 6.54 Å². The molecule has 4 heteroatoms. The molecule has 0 atom stereocenters. The first-order valence-electron chi connectivity index (χ1n) is 5.76. The highest BCUT2D eigenvalue weighted by molar-refractivity contribution is 5.79. The number of nitrogens with zero attached hydrogens (tertiary/aromatic N) is 2. The highest BCUT2D eigenvalue weighted by Crippen LogP contribution is 2.15. The Balaban J connectivity index is 2.71. The SMILES string of the molecule is CNCCn1c(=O)ccc2c(C)cc(C)nc21. The number of aryl methyl sites for hydroxylation is 2. The lowest BCUT2D eigenvalue weighted by atomic mass is 10.1. The van der Waals surface area contributed by atoms with Crippen LogP contribution in [0.2, 0.25) is 0 Å². The summed E-state index contributed by atoms with van der Waals surface area (Å²) in [7, 11) is 1.88. The van der Waals surface area contributed by atoms with Crippen LogP contribution in [-0.4, -0.2) is 23.1 Å². The number of nitrogens with one attached hydrogen (secondary N) is 1. The summed E-state index contributed by atoms with van der Waals surface area (Å²) in [5.74, 6) is 0. The van der Waals surface area contributed by atoms with Crippen LogP contribution in [0.15, 0.2) is 23.0 Å². The lowest BCUT2D eigenvalue weighted by Crippen LogP contribution is -2.25. The predicted octanol–water partition coefficient (Wildman–Crippen LogP) is 1.23. The van der Waals surface area contributed by atoms with Gasteiger partial charge in [0.05, 0.1) is 0 Å². The third-order valence-corrected chi connectivity index (χ3v) is 2.87. The van der Waals surface area contributed by atoms with Crippen molar-refractivity contribution in [1.82, 2.24) is 14.9 Å². The van der Waals surface area contributed by atoms with Crippen molar-refractivity contribution < 1.29 is 0 Å². The number of fused-ring (bicyclic) bond motifs is 1. The van der Waals surface area contributed by atoms with Crippen LogP contribution in [0.5, 0.6) is 0 Å². The van der Waals surface area contributed by atoms with E-state index >= 15 is 0 Å². The molecule has 0 saturated carbocycles. The van der Waals surface area contributed by atoms with E-state index in [1.54, 1.807) is 10.6 Å². The summed E-state index contributed by atoms with van der Waals surface area (Å²) < 4.78 is 1.73. The molecule has 2 heterocycles. The first-order chi connectivity index (χ1) is 8.13. The Morgan fingerprint density at radius 2 is 2.12 bits per heavy atom.